The van der Waals surface area contributed by atoms with Gasteiger partial charge in [-0.05, 0) is 25.7 Å². The minimum Gasteiger partial charge on any atom is -0.383 e. The van der Waals surface area contributed by atoms with Crippen LogP contribution in [0.3, 0.4) is 0 Å². The van der Waals surface area contributed by atoms with E-state index in [4.69, 9.17) is 4.74 Å². The van der Waals surface area contributed by atoms with E-state index in [0.29, 0.717) is 26.2 Å². The van der Waals surface area contributed by atoms with Crippen molar-refractivity contribution in [2.45, 2.75) is 57.2 Å². The molecule has 4 rings (SSSR count). The molecule has 11 nitrogen and oxygen atoms in total. The zero-order chi connectivity index (χ0) is 22.0. The highest BCUT2D eigenvalue weighted by Crippen LogP contribution is 2.37. The van der Waals surface area contributed by atoms with E-state index in [1.54, 1.807) is 12.0 Å². The number of nitrogens with one attached hydrogen (secondary N) is 1. The second-order valence-corrected chi connectivity index (χ2v) is 8.19. The lowest BCUT2D eigenvalue weighted by Gasteiger charge is -2.32. The molecule has 2 aliphatic rings. The molecule has 3 heterocycles. The quantitative estimate of drug-likeness (QED) is 0.609. The molecule has 1 unspecified atom stereocenters. The maximum Gasteiger partial charge on any atom is 0.346 e. The number of amides is 1. The highest BCUT2D eigenvalue weighted by Gasteiger charge is 2.35. The van der Waals surface area contributed by atoms with Crippen molar-refractivity contribution >= 4 is 5.91 Å². The molecule has 1 atom stereocenters. The highest BCUT2D eigenvalue weighted by atomic mass is 16.5. The smallest absolute Gasteiger partial charge is 0.346 e. The number of hydrogen-bond acceptors (Lipinski definition) is 6. The first-order valence-electron chi connectivity index (χ1n) is 10.7. The van der Waals surface area contributed by atoms with Crippen LogP contribution in [0.15, 0.2) is 26.6 Å². The van der Waals surface area contributed by atoms with Crippen molar-refractivity contribution in [2.24, 2.45) is 0 Å². The number of likely N-dealkylation sites (tertiary alicyclic amines) is 1. The topological polar surface area (TPSA) is 124 Å². The first-order chi connectivity index (χ1) is 15.0. The van der Waals surface area contributed by atoms with Crippen molar-refractivity contribution in [3.8, 4) is 0 Å². The average Bonchev–Trinajstić information content (AvgIpc) is 3.54. The molecule has 0 bridgehead atoms. The van der Waals surface area contributed by atoms with Crippen LogP contribution in [0.2, 0.25) is 0 Å². The second kappa shape index (κ2) is 9.04. The van der Waals surface area contributed by atoms with Crippen LogP contribution in [0.25, 0.3) is 0 Å². The summed E-state index contributed by atoms with van der Waals surface area (Å²) in [5, 5.41) is 4.61. The Morgan fingerprint density at radius 3 is 2.74 bits per heavy atom. The number of ether oxygens (including phenoxy) is 1. The summed E-state index contributed by atoms with van der Waals surface area (Å²) in [4.78, 5) is 52.6. The monoisotopic (exact) mass is 432 g/mol. The van der Waals surface area contributed by atoms with Gasteiger partial charge in [0, 0.05) is 57.4 Å². The summed E-state index contributed by atoms with van der Waals surface area (Å²) in [6.07, 6.45) is 5.22. The summed E-state index contributed by atoms with van der Waals surface area (Å²) in [6.45, 7) is 2.18. The summed E-state index contributed by atoms with van der Waals surface area (Å²) in [5.74, 6) is 0.713. The number of aromatic amines is 1. The molecule has 168 valence electrons. The van der Waals surface area contributed by atoms with Crippen molar-refractivity contribution < 1.29 is 9.53 Å². The van der Waals surface area contributed by atoms with Crippen LogP contribution in [-0.2, 0) is 22.6 Å². The molecule has 2 aromatic heterocycles. The van der Waals surface area contributed by atoms with Crippen LogP contribution in [0.1, 0.15) is 49.9 Å². The molecular formula is C20H28N6O5. The van der Waals surface area contributed by atoms with Crippen LogP contribution < -0.4 is 16.9 Å². The van der Waals surface area contributed by atoms with Crippen molar-refractivity contribution in [3.63, 3.8) is 0 Å². The Balaban J connectivity index is 1.46. The third kappa shape index (κ3) is 4.71. The molecule has 1 N–H and O–H groups in total. The van der Waals surface area contributed by atoms with Gasteiger partial charge in [-0.25, -0.2) is 14.3 Å². The predicted molar refractivity (Wildman–Crippen MR) is 111 cm³/mol. The predicted octanol–water partition coefficient (Wildman–Crippen LogP) is -0.328. The third-order valence-corrected chi connectivity index (χ3v) is 5.92. The van der Waals surface area contributed by atoms with Gasteiger partial charge in [0.2, 0.25) is 5.91 Å². The van der Waals surface area contributed by atoms with Gasteiger partial charge in [0.25, 0.3) is 5.56 Å². The molecule has 31 heavy (non-hydrogen) atoms. The molecule has 1 aliphatic heterocycles. The number of nitrogens with zero attached hydrogens (tertiary/aromatic N) is 5. The molecular weight excluding hydrogens is 404 g/mol. The Morgan fingerprint density at radius 1 is 1.23 bits per heavy atom. The Labute approximate surface area is 178 Å². The summed E-state index contributed by atoms with van der Waals surface area (Å²) >= 11 is 0. The lowest BCUT2D eigenvalue weighted by molar-refractivity contribution is -0.132. The van der Waals surface area contributed by atoms with E-state index in [2.05, 4.69) is 10.1 Å². The fraction of sp³-hybridized carbons (Fsp3) is 0.650. The van der Waals surface area contributed by atoms with E-state index in [1.807, 2.05) is 4.57 Å². The summed E-state index contributed by atoms with van der Waals surface area (Å²) < 4.78 is 9.70. The van der Waals surface area contributed by atoms with Gasteiger partial charge >= 0.3 is 11.4 Å². The Hall–Kier alpha value is -2.95. The highest BCUT2D eigenvalue weighted by molar-refractivity contribution is 5.76. The number of hydrogen-bond donors (Lipinski definition) is 1. The number of piperidine rings is 1. The molecule has 1 saturated carbocycles. The molecule has 2 aromatic rings. The van der Waals surface area contributed by atoms with Crippen LogP contribution in [0.4, 0.5) is 0 Å². The van der Waals surface area contributed by atoms with E-state index < -0.39 is 11.2 Å². The van der Waals surface area contributed by atoms with E-state index in [1.165, 1.54) is 21.5 Å². The zero-order valence-electron chi connectivity index (χ0n) is 17.7. The molecule has 1 aliphatic carbocycles. The molecule has 1 amide bonds. The number of aryl methyl sites for hydroxylation is 1. The van der Waals surface area contributed by atoms with Gasteiger partial charge in [0.1, 0.15) is 5.82 Å². The average molecular weight is 432 g/mol. The van der Waals surface area contributed by atoms with Gasteiger partial charge in [-0.3, -0.25) is 19.1 Å². The number of aromatic nitrogens is 5. The number of rotatable bonds is 8. The maximum absolute atomic E-state index is 12.8. The Morgan fingerprint density at radius 2 is 2.03 bits per heavy atom. The van der Waals surface area contributed by atoms with Crippen molar-refractivity contribution in [3.05, 3.63) is 49.4 Å². The molecule has 11 heteroatoms. The van der Waals surface area contributed by atoms with Crippen LogP contribution in [0, 0.1) is 0 Å². The number of carbonyl (C=O) groups is 1. The van der Waals surface area contributed by atoms with Gasteiger partial charge in [-0.2, -0.15) is 5.10 Å². The lowest BCUT2D eigenvalue weighted by Crippen LogP contribution is -2.41. The van der Waals surface area contributed by atoms with E-state index >= 15 is 0 Å². The normalized spacial score (nSPS) is 19.0. The summed E-state index contributed by atoms with van der Waals surface area (Å²) in [7, 11) is 1.59. The number of carbonyl (C=O) groups excluding carboxylic acids is 1. The van der Waals surface area contributed by atoms with Gasteiger partial charge in [-0.15, -0.1) is 0 Å². The fourth-order valence-corrected chi connectivity index (χ4v) is 4.12. The summed E-state index contributed by atoms with van der Waals surface area (Å²) in [6, 6.07) is 1.47. The van der Waals surface area contributed by atoms with Gasteiger partial charge in [0.05, 0.1) is 13.2 Å². The SMILES string of the molecule is COCCn1nc(C2CCCN(C(=O)CCn3ccc(=O)[nH]c3=O)C2)n(C2CC2)c1=O. The van der Waals surface area contributed by atoms with E-state index in [0.717, 1.165) is 31.5 Å². The zero-order valence-corrected chi connectivity index (χ0v) is 17.7. The summed E-state index contributed by atoms with van der Waals surface area (Å²) in [5.41, 5.74) is -1.08. The van der Waals surface area contributed by atoms with E-state index in [-0.39, 0.29) is 36.5 Å². The number of H-pyrrole nitrogens is 1. The minimum absolute atomic E-state index is 0.00518. The first-order valence-corrected chi connectivity index (χ1v) is 10.7. The largest absolute Gasteiger partial charge is 0.383 e. The van der Waals surface area contributed by atoms with Crippen molar-refractivity contribution in [1.29, 1.82) is 0 Å². The molecule has 1 saturated heterocycles. The third-order valence-electron chi connectivity index (χ3n) is 5.92. The van der Waals surface area contributed by atoms with Crippen LogP contribution >= 0.6 is 0 Å². The number of methoxy groups -OCH3 is 1. The van der Waals surface area contributed by atoms with Crippen LogP contribution in [-0.4, -0.2) is 61.5 Å². The van der Waals surface area contributed by atoms with E-state index in [9.17, 15) is 19.2 Å². The van der Waals surface area contributed by atoms with Crippen LogP contribution in [0.5, 0.6) is 0 Å². The standard InChI is InChI=1S/C20H28N6O5/c1-31-12-11-25-20(30)26(15-4-5-15)18(22-25)14-3-2-8-24(13-14)17(28)7-10-23-9-6-16(27)21-19(23)29/h6,9,14-15H,2-5,7-8,10-13H2,1H3,(H,21,27,29). The molecule has 0 spiro atoms. The van der Waals surface area contributed by atoms with Gasteiger partial charge in [-0.1, -0.05) is 0 Å². The first kappa shape index (κ1) is 21.3. The Bertz CT molecular complexity index is 1110. The molecule has 0 aromatic carbocycles. The van der Waals surface area contributed by atoms with Crippen molar-refractivity contribution in [2.75, 3.05) is 26.8 Å². The minimum atomic E-state index is -0.521. The van der Waals surface area contributed by atoms with Gasteiger partial charge < -0.3 is 14.2 Å². The maximum atomic E-state index is 12.8. The molecule has 0 radical (unpaired) electrons. The Kier molecular flexibility index (Phi) is 6.21. The second-order valence-electron chi connectivity index (χ2n) is 8.19. The van der Waals surface area contributed by atoms with Gasteiger partial charge in [0.15, 0.2) is 0 Å². The lowest BCUT2D eigenvalue weighted by atomic mass is 9.96. The molecule has 2 fully saturated rings. The fourth-order valence-electron chi connectivity index (χ4n) is 4.12. The van der Waals surface area contributed by atoms with Crippen molar-refractivity contribution in [1.82, 2.24) is 28.8 Å².